The summed E-state index contributed by atoms with van der Waals surface area (Å²) in [6.45, 7) is 3.94. The second-order valence-electron chi connectivity index (χ2n) is 7.18. The van der Waals surface area contributed by atoms with Crippen LogP contribution in [0.3, 0.4) is 0 Å². The van der Waals surface area contributed by atoms with Crippen molar-refractivity contribution in [2.24, 2.45) is 0 Å². The normalized spacial score (nSPS) is 11.8. The van der Waals surface area contributed by atoms with Crippen LogP contribution >= 0.6 is 0 Å². The summed E-state index contributed by atoms with van der Waals surface area (Å²) in [5, 5.41) is 5.64. The standard InChI is InChI=1S/C23H26N4O3/c1-3-13-24-22(29)19(14-17-9-5-4-6-10-17)26-21(28)15-27-20-12-8-7-11-18(20)25-16(2)23(27)30/h4-12,19H,3,13-15H2,1-2H3,(H,24,29)(H,26,28)/t19-/m1/s1. The fourth-order valence-corrected chi connectivity index (χ4v) is 3.29. The van der Waals surface area contributed by atoms with E-state index in [2.05, 4.69) is 15.6 Å². The molecule has 2 N–H and O–H groups in total. The third-order valence-corrected chi connectivity index (χ3v) is 4.80. The summed E-state index contributed by atoms with van der Waals surface area (Å²) in [5.41, 5.74) is 2.17. The van der Waals surface area contributed by atoms with Crippen molar-refractivity contribution in [3.63, 3.8) is 0 Å². The summed E-state index contributed by atoms with van der Waals surface area (Å²) in [6.07, 6.45) is 1.17. The number of nitrogens with zero attached hydrogens (tertiary/aromatic N) is 2. The van der Waals surface area contributed by atoms with Crippen LogP contribution in [0.2, 0.25) is 0 Å². The second-order valence-corrected chi connectivity index (χ2v) is 7.18. The first-order chi connectivity index (χ1) is 14.5. The molecule has 0 radical (unpaired) electrons. The molecule has 0 spiro atoms. The molecule has 0 bridgehead atoms. The Morgan fingerprint density at radius 2 is 1.77 bits per heavy atom. The lowest BCUT2D eigenvalue weighted by molar-refractivity contribution is -0.129. The van der Waals surface area contributed by atoms with Gasteiger partial charge in [-0.3, -0.25) is 19.0 Å². The van der Waals surface area contributed by atoms with E-state index in [1.54, 1.807) is 25.1 Å². The molecule has 2 amide bonds. The number of fused-ring (bicyclic) bond motifs is 1. The highest BCUT2D eigenvalue weighted by Gasteiger charge is 2.22. The van der Waals surface area contributed by atoms with Crippen molar-refractivity contribution in [3.05, 3.63) is 76.2 Å². The third-order valence-electron chi connectivity index (χ3n) is 4.80. The molecule has 0 saturated carbocycles. The van der Waals surface area contributed by atoms with Gasteiger partial charge in [-0.1, -0.05) is 49.4 Å². The van der Waals surface area contributed by atoms with Gasteiger partial charge in [-0.2, -0.15) is 0 Å². The Balaban J connectivity index is 1.82. The number of para-hydroxylation sites is 2. The van der Waals surface area contributed by atoms with E-state index in [9.17, 15) is 14.4 Å². The van der Waals surface area contributed by atoms with E-state index in [-0.39, 0.29) is 18.0 Å². The first-order valence-electron chi connectivity index (χ1n) is 10.1. The van der Waals surface area contributed by atoms with E-state index in [4.69, 9.17) is 0 Å². The fourth-order valence-electron chi connectivity index (χ4n) is 3.29. The predicted octanol–water partition coefficient (Wildman–Crippen LogP) is 1.96. The molecule has 0 aliphatic rings. The number of hydrogen-bond acceptors (Lipinski definition) is 4. The first-order valence-corrected chi connectivity index (χ1v) is 10.1. The maximum atomic E-state index is 12.8. The molecule has 0 unspecified atom stereocenters. The van der Waals surface area contributed by atoms with Crippen LogP contribution in [0.25, 0.3) is 11.0 Å². The van der Waals surface area contributed by atoms with E-state index in [0.29, 0.717) is 29.7 Å². The zero-order valence-electron chi connectivity index (χ0n) is 17.2. The van der Waals surface area contributed by atoms with Crippen LogP contribution in [0.1, 0.15) is 24.6 Å². The lowest BCUT2D eigenvalue weighted by Crippen LogP contribution is -2.49. The van der Waals surface area contributed by atoms with Gasteiger partial charge >= 0.3 is 0 Å². The Morgan fingerprint density at radius 3 is 2.50 bits per heavy atom. The summed E-state index contributed by atoms with van der Waals surface area (Å²) in [5.74, 6) is -0.641. The summed E-state index contributed by atoms with van der Waals surface area (Å²) >= 11 is 0. The largest absolute Gasteiger partial charge is 0.354 e. The SMILES string of the molecule is CCCNC(=O)[C@@H](Cc1ccccc1)NC(=O)Cn1c(=O)c(C)nc2ccccc21. The van der Waals surface area contributed by atoms with Crippen molar-refractivity contribution < 1.29 is 9.59 Å². The Morgan fingerprint density at radius 1 is 1.07 bits per heavy atom. The highest BCUT2D eigenvalue weighted by Crippen LogP contribution is 2.10. The van der Waals surface area contributed by atoms with Crippen molar-refractivity contribution in [1.82, 2.24) is 20.2 Å². The minimum atomic E-state index is -0.726. The minimum absolute atomic E-state index is 0.185. The molecule has 2 aromatic carbocycles. The minimum Gasteiger partial charge on any atom is -0.354 e. The van der Waals surface area contributed by atoms with E-state index >= 15 is 0 Å². The van der Waals surface area contributed by atoms with Gasteiger partial charge in [0, 0.05) is 13.0 Å². The number of nitrogens with one attached hydrogen (secondary N) is 2. The van der Waals surface area contributed by atoms with E-state index < -0.39 is 11.9 Å². The van der Waals surface area contributed by atoms with Gasteiger partial charge in [0.1, 0.15) is 18.3 Å². The summed E-state index contributed by atoms with van der Waals surface area (Å²) in [4.78, 5) is 42.4. The van der Waals surface area contributed by atoms with Crippen LogP contribution in [-0.2, 0) is 22.6 Å². The van der Waals surface area contributed by atoms with Gasteiger partial charge in [-0.15, -0.1) is 0 Å². The summed E-state index contributed by atoms with van der Waals surface area (Å²) in [7, 11) is 0. The second kappa shape index (κ2) is 9.82. The molecule has 30 heavy (non-hydrogen) atoms. The Hall–Kier alpha value is -3.48. The molecule has 1 atom stereocenters. The van der Waals surface area contributed by atoms with Crippen LogP contribution in [0, 0.1) is 6.92 Å². The van der Waals surface area contributed by atoms with Crippen LogP contribution in [0.5, 0.6) is 0 Å². The van der Waals surface area contributed by atoms with Crippen molar-refractivity contribution in [2.45, 2.75) is 39.3 Å². The van der Waals surface area contributed by atoms with Gasteiger partial charge in [0.25, 0.3) is 5.56 Å². The van der Waals surface area contributed by atoms with E-state index in [1.165, 1.54) is 4.57 Å². The van der Waals surface area contributed by atoms with Gasteiger partial charge < -0.3 is 10.6 Å². The number of aryl methyl sites for hydroxylation is 1. The van der Waals surface area contributed by atoms with Gasteiger partial charge in [0.15, 0.2) is 0 Å². The molecular weight excluding hydrogens is 380 g/mol. The number of rotatable bonds is 8. The molecule has 0 saturated heterocycles. The topological polar surface area (TPSA) is 93.1 Å². The van der Waals surface area contributed by atoms with Crippen LogP contribution in [0.15, 0.2) is 59.4 Å². The number of carbonyl (C=O) groups is 2. The highest BCUT2D eigenvalue weighted by atomic mass is 16.2. The number of amides is 2. The third kappa shape index (κ3) is 5.11. The lowest BCUT2D eigenvalue weighted by Gasteiger charge is -2.19. The molecule has 0 fully saturated rings. The van der Waals surface area contributed by atoms with Crippen molar-refractivity contribution in [3.8, 4) is 0 Å². The van der Waals surface area contributed by atoms with Gasteiger partial charge in [-0.25, -0.2) is 4.98 Å². The molecule has 1 aromatic heterocycles. The van der Waals surface area contributed by atoms with Crippen LogP contribution in [0.4, 0.5) is 0 Å². The van der Waals surface area contributed by atoms with Crippen molar-refractivity contribution in [1.29, 1.82) is 0 Å². The lowest BCUT2D eigenvalue weighted by atomic mass is 10.1. The molecule has 156 valence electrons. The number of carbonyl (C=O) groups excluding carboxylic acids is 2. The molecule has 0 aliphatic heterocycles. The fraction of sp³-hybridized carbons (Fsp3) is 0.304. The number of hydrogen-bond donors (Lipinski definition) is 2. The molecule has 3 aromatic rings. The number of benzene rings is 2. The van der Waals surface area contributed by atoms with E-state index in [1.807, 2.05) is 43.3 Å². The highest BCUT2D eigenvalue weighted by molar-refractivity contribution is 5.88. The Labute approximate surface area is 175 Å². The van der Waals surface area contributed by atoms with E-state index in [0.717, 1.165) is 12.0 Å². The maximum absolute atomic E-state index is 12.8. The van der Waals surface area contributed by atoms with Crippen LogP contribution in [-0.4, -0.2) is 34.0 Å². The zero-order valence-corrected chi connectivity index (χ0v) is 17.2. The quantitative estimate of drug-likeness (QED) is 0.598. The maximum Gasteiger partial charge on any atom is 0.272 e. The summed E-state index contributed by atoms with van der Waals surface area (Å²) < 4.78 is 1.40. The number of aromatic nitrogens is 2. The Kier molecular flexibility index (Phi) is 6.95. The van der Waals surface area contributed by atoms with Gasteiger partial charge in [0.05, 0.1) is 11.0 Å². The molecule has 7 heteroatoms. The average molecular weight is 406 g/mol. The molecule has 0 aliphatic carbocycles. The first kappa shape index (κ1) is 21.2. The smallest absolute Gasteiger partial charge is 0.272 e. The van der Waals surface area contributed by atoms with Gasteiger partial charge in [0.2, 0.25) is 11.8 Å². The Bertz CT molecular complexity index is 1090. The molecule has 3 rings (SSSR count). The molecule has 1 heterocycles. The zero-order chi connectivity index (χ0) is 21.5. The predicted molar refractivity (Wildman–Crippen MR) is 116 cm³/mol. The summed E-state index contributed by atoms with van der Waals surface area (Å²) in [6, 6.07) is 16.0. The molecule has 7 nitrogen and oxygen atoms in total. The van der Waals surface area contributed by atoms with Crippen molar-refractivity contribution in [2.75, 3.05) is 6.54 Å². The van der Waals surface area contributed by atoms with Crippen molar-refractivity contribution >= 4 is 22.8 Å². The monoisotopic (exact) mass is 406 g/mol. The average Bonchev–Trinajstić information content (AvgIpc) is 2.75. The van der Waals surface area contributed by atoms with Gasteiger partial charge in [-0.05, 0) is 31.0 Å². The van der Waals surface area contributed by atoms with Crippen LogP contribution < -0.4 is 16.2 Å². The molecular formula is C23H26N4O3.